The minimum atomic E-state index is 0. The molecule has 148 valence electrons. The van der Waals surface area contributed by atoms with E-state index < -0.39 is 0 Å². The third kappa shape index (κ3) is 9.73. The van der Waals surface area contributed by atoms with Gasteiger partial charge in [-0.15, -0.1) is 24.0 Å². The lowest BCUT2D eigenvalue weighted by molar-refractivity contribution is -0.0390. The van der Waals surface area contributed by atoms with E-state index in [-0.39, 0.29) is 24.0 Å². The summed E-state index contributed by atoms with van der Waals surface area (Å²) in [4.78, 5) is 4.40. The fourth-order valence-electron chi connectivity index (χ4n) is 2.80. The minimum absolute atomic E-state index is 0. The fourth-order valence-corrected chi connectivity index (χ4v) is 2.80. The molecule has 1 aliphatic heterocycles. The third-order valence-corrected chi connectivity index (χ3v) is 4.45. The van der Waals surface area contributed by atoms with Gasteiger partial charge in [0.1, 0.15) is 0 Å². The number of hydrogen-bond acceptors (Lipinski definition) is 3. The number of unbranched alkanes of at least 4 members (excludes halogenated alkanes) is 3. The molecule has 26 heavy (non-hydrogen) atoms. The van der Waals surface area contributed by atoms with Crippen LogP contribution < -0.4 is 11.1 Å². The van der Waals surface area contributed by atoms with Gasteiger partial charge in [-0.05, 0) is 30.4 Å². The fraction of sp³-hybridized carbons (Fsp3) is 0.650. The van der Waals surface area contributed by atoms with Crippen LogP contribution in [0.5, 0.6) is 0 Å². The number of nitrogens with one attached hydrogen (secondary N) is 1. The van der Waals surface area contributed by atoms with Crippen molar-refractivity contribution < 1.29 is 9.47 Å². The molecule has 1 saturated heterocycles. The molecule has 0 aliphatic carbocycles. The molecule has 1 aromatic carbocycles. The van der Waals surface area contributed by atoms with E-state index in [4.69, 9.17) is 15.2 Å². The second-order valence-electron chi connectivity index (χ2n) is 6.63. The molecule has 1 aliphatic rings. The Balaban J connectivity index is 0.00000338. The second-order valence-corrected chi connectivity index (χ2v) is 6.63. The number of guanidine groups is 1. The Morgan fingerprint density at radius 1 is 1.15 bits per heavy atom. The molecule has 6 heteroatoms. The number of nitrogens with zero attached hydrogens (tertiary/aromatic N) is 1. The van der Waals surface area contributed by atoms with E-state index in [9.17, 15) is 0 Å². The van der Waals surface area contributed by atoms with E-state index >= 15 is 0 Å². The second kappa shape index (κ2) is 14.2. The highest BCUT2D eigenvalue weighted by atomic mass is 127. The van der Waals surface area contributed by atoms with Crippen molar-refractivity contribution in [3.8, 4) is 0 Å². The van der Waals surface area contributed by atoms with Crippen LogP contribution in [-0.2, 0) is 22.6 Å². The lowest BCUT2D eigenvalue weighted by Crippen LogP contribution is -2.32. The molecule has 1 fully saturated rings. The summed E-state index contributed by atoms with van der Waals surface area (Å²) in [5.74, 6) is 0.531. The van der Waals surface area contributed by atoms with Crippen molar-refractivity contribution in [2.45, 2.75) is 64.7 Å². The number of benzene rings is 1. The SMILES string of the molecule is CCCCCCNC(N)=NCc1ccc(COC2CCOCC2)cc1.I. The number of rotatable bonds is 10. The zero-order chi connectivity index (χ0) is 17.7. The molecule has 0 spiro atoms. The minimum Gasteiger partial charge on any atom is -0.381 e. The van der Waals surface area contributed by atoms with Gasteiger partial charge in [-0.1, -0.05) is 50.5 Å². The molecule has 2 rings (SSSR count). The molecular weight excluding hydrogens is 441 g/mol. The Kier molecular flexibility index (Phi) is 12.7. The van der Waals surface area contributed by atoms with Crippen molar-refractivity contribution in [2.24, 2.45) is 10.7 Å². The molecule has 0 atom stereocenters. The first-order valence-electron chi connectivity index (χ1n) is 9.59. The Bertz CT molecular complexity index is 502. The van der Waals surface area contributed by atoms with E-state index in [1.54, 1.807) is 0 Å². The van der Waals surface area contributed by atoms with Crippen LogP contribution in [0.25, 0.3) is 0 Å². The van der Waals surface area contributed by atoms with Crippen LogP contribution in [0.4, 0.5) is 0 Å². The molecular formula is C20H34IN3O2. The lowest BCUT2D eigenvalue weighted by Gasteiger charge is -2.22. The zero-order valence-corrected chi connectivity index (χ0v) is 18.2. The quantitative estimate of drug-likeness (QED) is 0.233. The van der Waals surface area contributed by atoms with Crippen molar-refractivity contribution in [1.82, 2.24) is 5.32 Å². The zero-order valence-electron chi connectivity index (χ0n) is 15.9. The highest BCUT2D eigenvalue weighted by Crippen LogP contribution is 2.14. The molecule has 0 amide bonds. The van der Waals surface area contributed by atoms with Gasteiger partial charge in [0.2, 0.25) is 0 Å². The van der Waals surface area contributed by atoms with Crippen LogP contribution in [0.1, 0.15) is 56.6 Å². The molecule has 0 unspecified atom stereocenters. The Morgan fingerprint density at radius 2 is 1.85 bits per heavy atom. The average Bonchev–Trinajstić information content (AvgIpc) is 2.66. The molecule has 0 aromatic heterocycles. The first kappa shape index (κ1) is 23.2. The number of aliphatic imine (C=N–C) groups is 1. The Labute approximate surface area is 175 Å². The van der Waals surface area contributed by atoms with Crippen LogP contribution in [-0.4, -0.2) is 31.8 Å². The normalized spacial score (nSPS) is 15.5. The smallest absolute Gasteiger partial charge is 0.188 e. The van der Waals surface area contributed by atoms with E-state index in [0.29, 0.717) is 25.2 Å². The van der Waals surface area contributed by atoms with Crippen molar-refractivity contribution in [3.05, 3.63) is 35.4 Å². The summed E-state index contributed by atoms with van der Waals surface area (Å²) < 4.78 is 11.3. The highest BCUT2D eigenvalue weighted by Gasteiger charge is 2.13. The predicted octanol–water partition coefficient (Wildman–Crippen LogP) is 3.98. The summed E-state index contributed by atoms with van der Waals surface area (Å²) in [5, 5.41) is 3.18. The summed E-state index contributed by atoms with van der Waals surface area (Å²) in [6.07, 6.45) is 7.25. The van der Waals surface area contributed by atoms with Gasteiger partial charge in [-0.3, -0.25) is 0 Å². The van der Waals surface area contributed by atoms with Gasteiger partial charge < -0.3 is 20.5 Å². The van der Waals surface area contributed by atoms with Crippen LogP contribution in [0.15, 0.2) is 29.3 Å². The van der Waals surface area contributed by atoms with Crippen LogP contribution >= 0.6 is 24.0 Å². The molecule has 5 nitrogen and oxygen atoms in total. The summed E-state index contributed by atoms with van der Waals surface area (Å²) >= 11 is 0. The molecule has 1 aromatic rings. The summed E-state index contributed by atoms with van der Waals surface area (Å²) in [6.45, 7) is 6.01. The number of ether oxygens (including phenoxy) is 2. The lowest BCUT2D eigenvalue weighted by atomic mass is 10.1. The first-order valence-corrected chi connectivity index (χ1v) is 9.59. The number of halogens is 1. The molecule has 1 heterocycles. The van der Waals surface area contributed by atoms with Crippen LogP contribution in [0.3, 0.4) is 0 Å². The largest absolute Gasteiger partial charge is 0.381 e. The standard InChI is InChI=1S/C20H33N3O2.HI/c1-2-3-4-5-12-22-20(21)23-15-17-6-8-18(9-7-17)16-25-19-10-13-24-14-11-19;/h6-9,19H,2-5,10-16H2,1H3,(H3,21,22,23);1H. The van der Waals surface area contributed by atoms with Gasteiger partial charge in [0.05, 0.1) is 19.3 Å². The average molecular weight is 475 g/mol. The van der Waals surface area contributed by atoms with Crippen LogP contribution in [0.2, 0.25) is 0 Å². The summed E-state index contributed by atoms with van der Waals surface area (Å²) in [6, 6.07) is 8.42. The van der Waals surface area contributed by atoms with Gasteiger partial charge in [-0.25, -0.2) is 4.99 Å². The maximum atomic E-state index is 5.94. The summed E-state index contributed by atoms with van der Waals surface area (Å²) in [5.41, 5.74) is 8.26. The Morgan fingerprint density at radius 3 is 2.54 bits per heavy atom. The maximum absolute atomic E-state index is 5.94. The van der Waals surface area contributed by atoms with Gasteiger partial charge in [0.15, 0.2) is 5.96 Å². The van der Waals surface area contributed by atoms with Gasteiger partial charge >= 0.3 is 0 Å². The number of nitrogens with two attached hydrogens (primary N) is 1. The molecule has 0 saturated carbocycles. The Hall–Kier alpha value is -0.860. The van der Waals surface area contributed by atoms with E-state index in [1.807, 2.05) is 0 Å². The third-order valence-electron chi connectivity index (χ3n) is 4.45. The highest BCUT2D eigenvalue weighted by molar-refractivity contribution is 14.0. The van der Waals surface area contributed by atoms with Crippen molar-refractivity contribution in [2.75, 3.05) is 19.8 Å². The maximum Gasteiger partial charge on any atom is 0.188 e. The van der Waals surface area contributed by atoms with Crippen molar-refractivity contribution in [1.29, 1.82) is 0 Å². The molecule has 0 bridgehead atoms. The predicted molar refractivity (Wildman–Crippen MR) is 118 cm³/mol. The topological polar surface area (TPSA) is 68.9 Å². The number of hydrogen-bond donors (Lipinski definition) is 2. The van der Waals surface area contributed by atoms with E-state index in [0.717, 1.165) is 44.6 Å². The molecule has 3 N–H and O–H groups in total. The van der Waals surface area contributed by atoms with E-state index in [2.05, 4.69) is 41.5 Å². The van der Waals surface area contributed by atoms with Gasteiger partial charge in [0, 0.05) is 19.8 Å². The monoisotopic (exact) mass is 475 g/mol. The van der Waals surface area contributed by atoms with Crippen molar-refractivity contribution >= 4 is 29.9 Å². The van der Waals surface area contributed by atoms with Gasteiger partial charge in [0.25, 0.3) is 0 Å². The summed E-state index contributed by atoms with van der Waals surface area (Å²) in [7, 11) is 0. The van der Waals surface area contributed by atoms with Crippen LogP contribution in [0, 0.1) is 0 Å². The van der Waals surface area contributed by atoms with Crippen molar-refractivity contribution in [3.63, 3.8) is 0 Å². The first-order chi connectivity index (χ1) is 12.3. The van der Waals surface area contributed by atoms with E-state index in [1.165, 1.54) is 24.8 Å². The van der Waals surface area contributed by atoms with Gasteiger partial charge in [-0.2, -0.15) is 0 Å². The molecule has 0 radical (unpaired) electrons.